The highest BCUT2D eigenvalue weighted by molar-refractivity contribution is 5.76. The third-order valence-corrected chi connectivity index (χ3v) is 3.45. The quantitative estimate of drug-likeness (QED) is 0.870. The van der Waals surface area contributed by atoms with Crippen LogP contribution >= 0.6 is 0 Å². The molecule has 1 amide bonds. The van der Waals surface area contributed by atoms with E-state index in [9.17, 15) is 4.79 Å². The zero-order valence-corrected chi connectivity index (χ0v) is 10.9. The lowest BCUT2D eigenvalue weighted by atomic mass is 10.1. The number of rotatable bonds is 4. The SMILES string of the molecule is CC[C@H]1CN(C(=O)CCc2cccnc2)CCN1. The van der Waals surface area contributed by atoms with Gasteiger partial charge < -0.3 is 10.2 Å². The van der Waals surface area contributed by atoms with Crippen molar-refractivity contribution in [3.63, 3.8) is 0 Å². The Labute approximate surface area is 108 Å². The molecule has 4 nitrogen and oxygen atoms in total. The Morgan fingerprint density at radius 3 is 3.22 bits per heavy atom. The molecule has 0 aromatic carbocycles. The highest BCUT2D eigenvalue weighted by atomic mass is 16.2. The number of hydrogen-bond acceptors (Lipinski definition) is 3. The molecule has 0 saturated carbocycles. The normalized spacial score (nSPS) is 19.8. The van der Waals surface area contributed by atoms with Crippen LogP contribution in [0.15, 0.2) is 24.5 Å². The van der Waals surface area contributed by atoms with Crippen LogP contribution in [-0.2, 0) is 11.2 Å². The van der Waals surface area contributed by atoms with Crippen molar-refractivity contribution >= 4 is 5.91 Å². The number of aromatic nitrogens is 1. The first-order valence-electron chi connectivity index (χ1n) is 6.69. The molecular formula is C14H21N3O. The molecule has 1 aliphatic rings. The summed E-state index contributed by atoms with van der Waals surface area (Å²) in [6.07, 6.45) is 6.04. The van der Waals surface area contributed by atoms with Gasteiger partial charge in [0.05, 0.1) is 0 Å². The van der Waals surface area contributed by atoms with Gasteiger partial charge in [0.1, 0.15) is 0 Å². The number of pyridine rings is 1. The average Bonchev–Trinajstić information content (AvgIpc) is 2.46. The Morgan fingerprint density at radius 1 is 1.61 bits per heavy atom. The largest absolute Gasteiger partial charge is 0.340 e. The number of carbonyl (C=O) groups is 1. The first kappa shape index (κ1) is 13.0. The summed E-state index contributed by atoms with van der Waals surface area (Å²) in [4.78, 5) is 18.2. The van der Waals surface area contributed by atoms with Gasteiger partial charge in [0.2, 0.25) is 5.91 Å². The molecule has 0 spiro atoms. The topological polar surface area (TPSA) is 45.2 Å². The molecule has 0 bridgehead atoms. The van der Waals surface area contributed by atoms with Gasteiger partial charge in [0, 0.05) is 44.5 Å². The van der Waals surface area contributed by atoms with E-state index < -0.39 is 0 Å². The molecule has 1 aliphatic heterocycles. The summed E-state index contributed by atoms with van der Waals surface area (Å²) in [6, 6.07) is 4.39. The monoisotopic (exact) mass is 247 g/mol. The first-order valence-corrected chi connectivity index (χ1v) is 6.69. The van der Waals surface area contributed by atoms with Gasteiger partial charge in [-0.2, -0.15) is 0 Å². The lowest BCUT2D eigenvalue weighted by molar-refractivity contribution is -0.132. The molecule has 2 heterocycles. The molecule has 1 aromatic rings. The molecular weight excluding hydrogens is 226 g/mol. The van der Waals surface area contributed by atoms with Crippen molar-refractivity contribution in [2.75, 3.05) is 19.6 Å². The van der Waals surface area contributed by atoms with Crippen molar-refractivity contribution in [1.82, 2.24) is 15.2 Å². The van der Waals surface area contributed by atoms with E-state index in [1.54, 1.807) is 6.20 Å². The smallest absolute Gasteiger partial charge is 0.222 e. The summed E-state index contributed by atoms with van der Waals surface area (Å²) in [5, 5.41) is 3.42. The van der Waals surface area contributed by atoms with Gasteiger partial charge in [0.25, 0.3) is 0 Å². The molecule has 1 N–H and O–H groups in total. The summed E-state index contributed by atoms with van der Waals surface area (Å²) in [7, 11) is 0. The van der Waals surface area contributed by atoms with Crippen LogP contribution in [0.5, 0.6) is 0 Å². The van der Waals surface area contributed by atoms with Crippen LogP contribution in [0.3, 0.4) is 0 Å². The maximum atomic E-state index is 12.1. The highest BCUT2D eigenvalue weighted by Crippen LogP contribution is 2.07. The standard InChI is InChI=1S/C14H21N3O/c1-2-13-11-17(9-8-16-13)14(18)6-5-12-4-3-7-15-10-12/h3-4,7,10,13,16H,2,5-6,8-9,11H2,1H3/t13-/m0/s1. The maximum absolute atomic E-state index is 12.1. The first-order chi connectivity index (χ1) is 8.79. The Hall–Kier alpha value is -1.42. The van der Waals surface area contributed by atoms with Crippen LogP contribution in [0.25, 0.3) is 0 Å². The van der Waals surface area contributed by atoms with Crippen LogP contribution in [0.2, 0.25) is 0 Å². The lowest BCUT2D eigenvalue weighted by Crippen LogP contribution is -2.52. The maximum Gasteiger partial charge on any atom is 0.222 e. The molecule has 18 heavy (non-hydrogen) atoms. The Bertz CT molecular complexity index is 380. The number of nitrogens with zero attached hydrogens (tertiary/aromatic N) is 2. The van der Waals surface area contributed by atoms with E-state index in [1.807, 2.05) is 23.2 Å². The van der Waals surface area contributed by atoms with Gasteiger partial charge in [-0.15, -0.1) is 0 Å². The lowest BCUT2D eigenvalue weighted by Gasteiger charge is -2.33. The van der Waals surface area contributed by atoms with Crippen LogP contribution in [0.4, 0.5) is 0 Å². The van der Waals surface area contributed by atoms with Gasteiger partial charge in [-0.25, -0.2) is 0 Å². The summed E-state index contributed by atoms with van der Waals surface area (Å²) in [5.41, 5.74) is 1.13. The van der Waals surface area contributed by atoms with E-state index in [0.717, 1.165) is 38.0 Å². The van der Waals surface area contributed by atoms with Crippen molar-refractivity contribution in [3.05, 3.63) is 30.1 Å². The fourth-order valence-corrected chi connectivity index (χ4v) is 2.28. The summed E-state index contributed by atoms with van der Waals surface area (Å²) in [5.74, 6) is 0.263. The van der Waals surface area contributed by atoms with Crippen molar-refractivity contribution in [2.24, 2.45) is 0 Å². The van der Waals surface area contributed by atoms with Gasteiger partial charge in [-0.1, -0.05) is 13.0 Å². The van der Waals surface area contributed by atoms with Crippen LogP contribution in [0, 0.1) is 0 Å². The predicted molar refractivity (Wildman–Crippen MR) is 71.2 cm³/mol. The Kier molecular flexibility index (Phi) is 4.70. The Morgan fingerprint density at radius 2 is 2.50 bits per heavy atom. The fourth-order valence-electron chi connectivity index (χ4n) is 2.28. The molecule has 1 saturated heterocycles. The highest BCUT2D eigenvalue weighted by Gasteiger charge is 2.21. The van der Waals surface area contributed by atoms with Crippen molar-refractivity contribution < 1.29 is 4.79 Å². The second-order valence-corrected chi connectivity index (χ2v) is 4.76. The average molecular weight is 247 g/mol. The van der Waals surface area contributed by atoms with Crippen LogP contribution in [-0.4, -0.2) is 41.5 Å². The molecule has 98 valence electrons. The minimum absolute atomic E-state index is 0.263. The van der Waals surface area contributed by atoms with Crippen molar-refractivity contribution in [2.45, 2.75) is 32.2 Å². The van der Waals surface area contributed by atoms with Gasteiger partial charge in [-0.05, 0) is 24.5 Å². The second-order valence-electron chi connectivity index (χ2n) is 4.76. The third kappa shape index (κ3) is 3.53. The van der Waals surface area contributed by atoms with E-state index in [2.05, 4.69) is 17.2 Å². The fraction of sp³-hybridized carbons (Fsp3) is 0.571. The molecule has 1 atom stereocenters. The van der Waals surface area contributed by atoms with Crippen LogP contribution < -0.4 is 5.32 Å². The van der Waals surface area contributed by atoms with E-state index in [0.29, 0.717) is 12.5 Å². The zero-order valence-electron chi connectivity index (χ0n) is 10.9. The molecule has 2 rings (SSSR count). The molecule has 4 heteroatoms. The number of amides is 1. The number of carbonyl (C=O) groups excluding carboxylic acids is 1. The Balaban J connectivity index is 1.81. The molecule has 0 radical (unpaired) electrons. The van der Waals surface area contributed by atoms with E-state index >= 15 is 0 Å². The molecule has 0 unspecified atom stereocenters. The van der Waals surface area contributed by atoms with E-state index in [-0.39, 0.29) is 5.91 Å². The van der Waals surface area contributed by atoms with Gasteiger partial charge >= 0.3 is 0 Å². The summed E-state index contributed by atoms with van der Waals surface area (Å²) in [6.45, 7) is 4.75. The third-order valence-electron chi connectivity index (χ3n) is 3.45. The van der Waals surface area contributed by atoms with Crippen molar-refractivity contribution in [3.8, 4) is 0 Å². The van der Waals surface area contributed by atoms with Crippen molar-refractivity contribution in [1.29, 1.82) is 0 Å². The number of piperazine rings is 1. The minimum Gasteiger partial charge on any atom is -0.340 e. The predicted octanol–water partition coefficient (Wildman–Crippen LogP) is 1.22. The number of hydrogen-bond donors (Lipinski definition) is 1. The van der Waals surface area contributed by atoms with E-state index in [4.69, 9.17) is 0 Å². The second kappa shape index (κ2) is 6.50. The minimum atomic E-state index is 0.263. The number of nitrogens with one attached hydrogen (secondary N) is 1. The molecule has 0 aliphatic carbocycles. The van der Waals surface area contributed by atoms with E-state index in [1.165, 1.54) is 0 Å². The summed E-state index contributed by atoms with van der Waals surface area (Å²) < 4.78 is 0. The van der Waals surface area contributed by atoms with Gasteiger partial charge in [-0.3, -0.25) is 9.78 Å². The van der Waals surface area contributed by atoms with Gasteiger partial charge in [0.15, 0.2) is 0 Å². The molecule has 1 fully saturated rings. The zero-order chi connectivity index (χ0) is 12.8. The molecule has 1 aromatic heterocycles. The van der Waals surface area contributed by atoms with Crippen LogP contribution in [0.1, 0.15) is 25.3 Å². The summed E-state index contributed by atoms with van der Waals surface area (Å²) >= 11 is 0. The number of aryl methyl sites for hydroxylation is 1.